The van der Waals surface area contributed by atoms with E-state index in [0.717, 1.165) is 67.1 Å². The zero-order valence-corrected chi connectivity index (χ0v) is 17.6. The summed E-state index contributed by atoms with van der Waals surface area (Å²) in [7, 11) is 3.33. The highest BCUT2D eigenvalue weighted by Gasteiger charge is 2.16. The summed E-state index contributed by atoms with van der Waals surface area (Å²) in [5.41, 5.74) is 6.50. The third-order valence-electron chi connectivity index (χ3n) is 5.79. The molecule has 0 aliphatic rings. The van der Waals surface area contributed by atoms with Gasteiger partial charge >= 0.3 is 0 Å². The van der Waals surface area contributed by atoms with Gasteiger partial charge in [0, 0.05) is 27.9 Å². The van der Waals surface area contributed by atoms with E-state index in [1.165, 1.54) is 0 Å². The molecule has 0 fully saturated rings. The molecule has 0 aliphatic heterocycles. The lowest BCUT2D eigenvalue weighted by atomic mass is 10.1. The van der Waals surface area contributed by atoms with Gasteiger partial charge in [-0.25, -0.2) is 9.97 Å². The number of nitrogens with zero attached hydrogens (tertiary/aromatic N) is 2. The van der Waals surface area contributed by atoms with Crippen molar-refractivity contribution in [2.24, 2.45) is 0 Å². The zero-order chi connectivity index (χ0) is 21.7. The van der Waals surface area contributed by atoms with E-state index in [1.54, 1.807) is 14.2 Å². The number of hydrogen-bond donors (Lipinski definition) is 2. The fraction of sp³-hybridized carbons (Fsp3) is 0.0769. The number of nitrogens with one attached hydrogen (secondary N) is 2. The predicted octanol–water partition coefficient (Wildman–Crippen LogP) is 5.94. The highest BCUT2D eigenvalue weighted by atomic mass is 16.5. The summed E-state index contributed by atoms with van der Waals surface area (Å²) in [6.45, 7) is 0. The van der Waals surface area contributed by atoms with Crippen LogP contribution in [-0.2, 0) is 0 Å². The second kappa shape index (κ2) is 7.13. The largest absolute Gasteiger partial charge is 0.497 e. The number of aromatic amines is 2. The molecule has 0 bridgehead atoms. The number of rotatable bonds is 4. The third kappa shape index (κ3) is 2.88. The lowest BCUT2D eigenvalue weighted by molar-refractivity contribution is 0.415. The number of methoxy groups -OCH3 is 2. The van der Waals surface area contributed by atoms with E-state index in [-0.39, 0.29) is 0 Å². The zero-order valence-electron chi connectivity index (χ0n) is 17.6. The van der Waals surface area contributed by atoms with Crippen LogP contribution in [0.4, 0.5) is 0 Å². The number of ether oxygens (including phenoxy) is 2. The van der Waals surface area contributed by atoms with Crippen LogP contribution in [0, 0.1) is 0 Å². The first kappa shape index (κ1) is 18.4. The average molecular weight is 420 g/mol. The minimum Gasteiger partial charge on any atom is -0.497 e. The standard InChI is InChI=1S/C26H20N4O2/c1-31-16-9-7-15(8-10-16)24-25-19(18-5-3-4-6-20(18)27-25)14-23(28-24)26-29-21-12-11-17(32-2)13-22(21)30-26/h3-14,27H,1-2H3,(H,29,30). The Hall–Kier alpha value is -4.32. The van der Waals surface area contributed by atoms with Crippen LogP contribution in [0.5, 0.6) is 11.5 Å². The van der Waals surface area contributed by atoms with Crippen molar-refractivity contribution >= 4 is 32.8 Å². The van der Waals surface area contributed by atoms with E-state index in [0.29, 0.717) is 0 Å². The Bertz CT molecular complexity index is 1600. The molecular formula is C26H20N4O2. The third-order valence-corrected chi connectivity index (χ3v) is 5.79. The Kier molecular flexibility index (Phi) is 4.11. The predicted molar refractivity (Wildman–Crippen MR) is 127 cm³/mol. The van der Waals surface area contributed by atoms with Gasteiger partial charge in [0.25, 0.3) is 0 Å². The van der Waals surface area contributed by atoms with Crippen LogP contribution >= 0.6 is 0 Å². The van der Waals surface area contributed by atoms with Gasteiger partial charge in [0.2, 0.25) is 0 Å². The van der Waals surface area contributed by atoms with Crippen molar-refractivity contribution < 1.29 is 9.47 Å². The number of fused-ring (bicyclic) bond motifs is 4. The Labute approximate surface area is 183 Å². The molecule has 6 rings (SSSR count). The minimum atomic E-state index is 0.718. The maximum absolute atomic E-state index is 5.35. The highest BCUT2D eigenvalue weighted by Crippen LogP contribution is 2.35. The van der Waals surface area contributed by atoms with Crippen LogP contribution in [0.3, 0.4) is 0 Å². The molecule has 0 unspecified atom stereocenters. The fourth-order valence-corrected chi connectivity index (χ4v) is 4.16. The lowest BCUT2D eigenvalue weighted by Crippen LogP contribution is -1.92. The summed E-state index contributed by atoms with van der Waals surface area (Å²) in [5, 5.41) is 2.26. The Morgan fingerprint density at radius 2 is 1.47 bits per heavy atom. The summed E-state index contributed by atoms with van der Waals surface area (Å²) < 4.78 is 10.7. The molecule has 6 nitrogen and oxygen atoms in total. The molecule has 0 saturated carbocycles. The molecule has 0 amide bonds. The average Bonchev–Trinajstić information content (AvgIpc) is 3.44. The topological polar surface area (TPSA) is 75.8 Å². The number of para-hydroxylation sites is 1. The fourth-order valence-electron chi connectivity index (χ4n) is 4.16. The highest BCUT2D eigenvalue weighted by molar-refractivity contribution is 6.12. The Morgan fingerprint density at radius 1 is 0.688 bits per heavy atom. The number of imidazole rings is 1. The summed E-state index contributed by atoms with van der Waals surface area (Å²) in [5.74, 6) is 2.31. The Balaban J connectivity index is 1.62. The van der Waals surface area contributed by atoms with Crippen molar-refractivity contribution in [3.63, 3.8) is 0 Å². The van der Waals surface area contributed by atoms with Gasteiger partial charge in [-0.3, -0.25) is 0 Å². The molecule has 2 N–H and O–H groups in total. The molecule has 3 heterocycles. The van der Waals surface area contributed by atoms with Crippen LogP contribution in [0.2, 0.25) is 0 Å². The van der Waals surface area contributed by atoms with Crippen molar-refractivity contribution in [3.8, 4) is 34.3 Å². The van der Waals surface area contributed by atoms with Crippen LogP contribution in [0.1, 0.15) is 0 Å². The van der Waals surface area contributed by atoms with Crippen LogP contribution in [0.25, 0.3) is 55.6 Å². The number of pyridine rings is 1. The first-order valence-electron chi connectivity index (χ1n) is 10.3. The van der Waals surface area contributed by atoms with Gasteiger partial charge in [-0.15, -0.1) is 0 Å². The molecule has 6 heteroatoms. The van der Waals surface area contributed by atoms with Crippen molar-refractivity contribution in [1.29, 1.82) is 0 Å². The van der Waals surface area contributed by atoms with E-state index >= 15 is 0 Å². The summed E-state index contributed by atoms with van der Waals surface area (Å²) in [6, 6.07) is 24.1. The quantitative estimate of drug-likeness (QED) is 0.370. The van der Waals surface area contributed by atoms with E-state index in [2.05, 4.69) is 34.2 Å². The first-order chi connectivity index (χ1) is 15.7. The molecule has 32 heavy (non-hydrogen) atoms. The van der Waals surface area contributed by atoms with Gasteiger partial charge in [-0.05, 0) is 48.5 Å². The summed E-state index contributed by atoms with van der Waals surface area (Å²) >= 11 is 0. The van der Waals surface area contributed by atoms with Crippen molar-refractivity contribution in [2.45, 2.75) is 0 Å². The molecule has 6 aromatic rings. The molecule has 0 radical (unpaired) electrons. The number of hydrogen-bond acceptors (Lipinski definition) is 4. The molecule has 156 valence electrons. The van der Waals surface area contributed by atoms with Crippen molar-refractivity contribution in [3.05, 3.63) is 72.8 Å². The molecule has 0 atom stereocenters. The first-order valence-corrected chi connectivity index (χ1v) is 10.3. The minimum absolute atomic E-state index is 0.718. The van der Waals surface area contributed by atoms with Gasteiger partial charge in [-0.2, -0.15) is 0 Å². The maximum Gasteiger partial charge on any atom is 0.157 e. The molecule has 0 spiro atoms. The lowest BCUT2D eigenvalue weighted by Gasteiger charge is -2.07. The van der Waals surface area contributed by atoms with Crippen LogP contribution in [-0.4, -0.2) is 34.2 Å². The molecule has 0 aliphatic carbocycles. The number of H-pyrrole nitrogens is 2. The van der Waals surface area contributed by atoms with Gasteiger partial charge in [-0.1, -0.05) is 18.2 Å². The van der Waals surface area contributed by atoms with E-state index in [9.17, 15) is 0 Å². The van der Waals surface area contributed by atoms with E-state index in [4.69, 9.17) is 19.4 Å². The molecular weight excluding hydrogens is 400 g/mol. The molecule has 0 saturated heterocycles. The van der Waals surface area contributed by atoms with Crippen molar-refractivity contribution in [1.82, 2.24) is 19.9 Å². The second-order valence-corrected chi connectivity index (χ2v) is 7.65. The second-order valence-electron chi connectivity index (χ2n) is 7.65. The van der Waals surface area contributed by atoms with Gasteiger partial charge in [0.15, 0.2) is 5.82 Å². The maximum atomic E-state index is 5.35. The Morgan fingerprint density at radius 3 is 2.28 bits per heavy atom. The van der Waals surface area contributed by atoms with Crippen LogP contribution < -0.4 is 9.47 Å². The summed E-state index contributed by atoms with van der Waals surface area (Å²) in [6.07, 6.45) is 0. The van der Waals surface area contributed by atoms with Gasteiger partial charge in [0.1, 0.15) is 17.2 Å². The number of aromatic nitrogens is 4. The normalized spacial score (nSPS) is 11.4. The van der Waals surface area contributed by atoms with Crippen LogP contribution in [0.15, 0.2) is 72.8 Å². The van der Waals surface area contributed by atoms with Crippen molar-refractivity contribution in [2.75, 3.05) is 14.2 Å². The SMILES string of the molecule is COc1ccc(-c2nc(-c3nc4ccc(OC)cc4[nH]3)cc3c2[nH]c2ccccc23)cc1. The molecule has 3 aromatic heterocycles. The van der Waals surface area contributed by atoms with E-state index < -0.39 is 0 Å². The molecule has 3 aromatic carbocycles. The number of benzene rings is 3. The smallest absolute Gasteiger partial charge is 0.157 e. The summed E-state index contributed by atoms with van der Waals surface area (Å²) in [4.78, 5) is 16.8. The van der Waals surface area contributed by atoms with E-state index in [1.807, 2.05) is 48.5 Å². The monoisotopic (exact) mass is 420 g/mol. The van der Waals surface area contributed by atoms with Gasteiger partial charge in [0.05, 0.1) is 36.5 Å². The van der Waals surface area contributed by atoms with Gasteiger partial charge < -0.3 is 19.4 Å².